The molecule has 0 atom stereocenters. The third-order valence-electron chi connectivity index (χ3n) is 3.89. The molecule has 118 valence electrons. The molecule has 0 heterocycles. The SMILES string of the molecule is CCCCCCCCCCCC(=O)c1cccc(O)c1N. The number of phenolic OH excluding ortho intramolecular Hbond substituents is 1. The van der Waals surface area contributed by atoms with Gasteiger partial charge >= 0.3 is 0 Å². The van der Waals surface area contributed by atoms with Gasteiger partial charge in [-0.15, -0.1) is 0 Å². The molecule has 0 fully saturated rings. The molecule has 0 amide bonds. The van der Waals surface area contributed by atoms with Crippen molar-refractivity contribution in [2.75, 3.05) is 5.73 Å². The van der Waals surface area contributed by atoms with Crippen LogP contribution < -0.4 is 5.73 Å². The molecule has 0 aliphatic rings. The van der Waals surface area contributed by atoms with Gasteiger partial charge in [0.05, 0.1) is 5.69 Å². The van der Waals surface area contributed by atoms with E-state index in [1.807, 2.05) is 0 Å². The lowest BCUT2D eigenvalue weighted by Crippen LogP contribution is -2.03. The van der Waals surface area contributed by atoms with E-state index in [4.69, 9.17) is 5.73 Å². The van der Waals surface area contributed by atoms with Crippen molar-refractivity contribution < 1.29 is 9.90 Å². The molecule has 0 spiro atoms. The summed E-state index contributed by atoms with van der Waals surface area (Å²) in [5.74, 6) is 0.0271. The first-order valence-electron chi connectivity index (χ1n) is 8.27. The summed E-state index contributed by atoms with van der Waals surface area (Å²) in [5.41, 5.74) is 6.38. The first kappa shape index (κ1) is 17.5. The molecule has 0 aliphatic carbocycles. The number of rotatable bonds is 11. The summed E-state index contributed by atoms with van der Waals surface area (Å²) in [6.07, 6.45) is 11.6. The minimum Gasteiger partial charge on any atom is -0.506 e. The second-order valence-corrected chi connectivity index (χ2v) is 5.74. The van der Waals surface area contributed by atoms with Crippen LogP contribution in [0.4, 0.5) is 5.69 Å². The van der Waals surface area contributed by atoms with Gasteiger partial charge in [-0.1, -0.05) is 64.4 Å². The smallest absolute Gasteiger partial charge is 0.165 e. The number of carbonyl (C=O) groups is 1. The highest BCUT2D eigenvalue weighted by molar-refractivity contribution is 6.01. The molecule has 3 N–H and O–H groups in total. The van der Waals surface area contributed by atoms with E-state index >= 15 is 0 Å². The molecular formula is C18H29NO2. The average molecular weight is 291 g/mol. The summed E-state index contributed by atoms with van der Waals surface area (Å²) in [5, 5.41) is 9.50. The van der Waals surface area contributed by atoms with Crippen molar-refractivity contribution in [3.63, 3.8) is 0 Å². The zero-order chi connectivity index (χ0) is 15.5. The van der Waals surface area contributed by atoms with E-state index in [0.717, 1.165) is 12.8 Å². The molecule has 0 bridgehead atoms. The van der Waals surface area contributed by atoms with Crippen LogP contribution in [0, 0.1) is 0 Å². The van der Waals surface area contributed by atoms with Crippen LogP contribution in [0.3, 0.4) is 0 Å². The number of ketones is 1. The van der Waals surface area contributed by atoms with Gasteiger partial charge in [0.15, 0.2) is 5.78 Å². The number of para-hydroxylation sites is 1. The van der Waals surface area contributed by atoms with E-state index in [0.29, 0.717) is 12.0 Å². The molecular weight excluding hydrogens is 262 g/mol. The lowest BCUT2D eigenvalue weighted by Gasteiger charge is -2.06. The topological polar surface area (TPSA) is 63.3 Å². The lowest BCUT2D eigenvalue weighted by atomic mass is 10.0. The second-order valence-electron chi connectivity index (χ2n) is 5.74. The minimum absolute atomic E-state index is 0.00655. The van der Waals surface area contributed by atoms with E-state index in [2.05, 4.69) is 6.92 Å². The number of aromatic hydroxyl groups is 1. The van der Waals surface area contributed by atoms with Crippen LogP contribution in [0.2, 0.25) is 0 Å². The number of nitrogens with two attached hydrogens (primary N) is 1. The molecule has 0 saturated carbocycles. The molecule has 0 unspecified atom stereocenters. The largest absolute Gasteiger partial charge is 0.506 e. The van der Waals surface area contributed by atoms with Crippen LogP contribution in [0.5, 0.6) is 5.75 Å². The monoisotopic (exact) mass is 291 g/mol. The number of Topliss-reactive ketones (excluding diaryl/α,β-unsaturated/α-hetero) is 1. The standard InChI is InChI=1S/C18H29NO2/c1-2-3-4-5-6-7-8-9-10-13-16(20)15-12-11-14-17(21)18(15)19/h11-12,14,21H,2-10,13,19H2,1H3. The summed E-state index contributed by atoms with van der Waals surface area (Å²) in [6.45, 7) is 2.23. The second kappa shape index (κ2) is 10.3. The highest BCUT2D eigenvalue weighted by atomic mass is 16.3. The van der Waals surface area contributed by atoms with Gasteiger partial charge in [0, 0.05) is 12.0 Å². The fraction of sp³-hybridized carbons (Fsp3) is 0.611. The molecule has 3 heteroatoms. The molecule has 21 heavy (non-hydrogen) atoms. The summed E-state index contributed by atoms with van der Waals surface area (Å²) in [4.78, 5) is 12.0. The number of hydrogen-bond acceptors (Lipinski definition) is 3. The molecule has 0 saturated heterocycles. The quantitative estimate of drug-likeness (QED) is 0.259. The van der Waals surface area contributed by atoms with Crippen molar-refractivity contribution in [3.8, 4) is 5.75 Å². The number of unbranched alkanes of at least 4 members (excludes halogenated alkanes) is 8. The van der Waals surface area contributed by atoms with Crippen LogP contribution in [-0.4, -0.2) is 10.9 Å². The molecule has 0 aromatic heterocycles. The van der Waals surface area contributed by atoms with Crippen molar-refractivity contribution >= 4 is 11.5 Å². The van der Waals surface area contributed by atoms with Crippen molar-refractivity contribution in [2.45, 2.75) is 71.1 Å². The number of hydrogen-bond donors (Lipinski definition) is 2. The van der Waals surface area contributed by atoms with E-state index in [9.17, 15) is 9.90 Å². The van der Waals surface area contributed by atoms with Gasteiger partial charge in [-0.2, -0.15) is 0 Å². The van der Waals surface area contributed by atoms with Gasteiger partial charge in [-0.25, -0.2) is 0 Å². The zero-order valence-electron chi connectivity index (χ0n) is 13.2. The summed E-state index contributed by atoms with van der Waals surface area (Å²) < 4.78 is 0. The number of benzene rings is 1. The Labute approximate surface area is 128 Å². The van der Waals surface area contributed by atoms with Gasteiger partial charge in [-0.05, 0) is 18.6 Å². The van der Waals surface area contributed by atoms with Crippen molar-refractivity contribution in [1.82, 2.24) is 0 Å². The van der Waals surface area contributed by atoms with E-state index < -0.39 is 0 Å². The fourth-order valence-electron chi connectivity index (χ4n) is 2.53. The molecule has 3 nitrogen and oxygen atoms in total. The highest BCUT2D eigenvalue weighted by Crippen LogP contribution is 2.25. The Hall–Kier alpha value is -1.51. The molecule has 1 aromatic carbocycles. The minimum atomic E-state index is -0.00655. The predicted octanol–water partition coefficient (Wildman–Crippen LogP) is 5.08. The fourth-order valence-corrected chi connectivity index (χ4v) is 2.53. The normalized spacial score (nSPS) is 10.7. The van der Waals surface area contributed by atoms with Crippen molar-refractivity contribution in [1.29, 1.82) is 0 Å². The summed E-state index contributed by atoms with van der Waals surface area (Å²) in [6, 6.07) is 4.85. The maximum Gasteiger partial charge on any atom is 0.165 e. The number of anilines is 1. The van der Waals surface area contributed by atoms with Crippen LogP contribution in [0.25, 0.3) is 0 Å². The Bertz CT molecular complexity index is 429. The first-order valence-corrected chi connectivity index (χ1v) is 8.27. The van der Waals surface area contributed by atoms with E-state index in [1.165, 1.54) is 51.0 Å². The lowest BCUT2D eigenvalue weighted by molar-refractivity contribution is 0.0979. The highest BCUT2D eigenvalue weighted by Gasteiger charge is 2.11. The van der Waals surface area contributed by atoms with Gasteiger partial charge < -0.3 is 10.8 Å². The van der Waals surface area contributed by atoms with Gasteiger partial charge in [-0.3, -0.25) is 4.79 Å². The Morgan fingerprint density at radius 3 is 2.19 bits per heavy atom. The van der Waals surface area contributed by atoms with E-state index in [1.54, 1.807) is 12.1 Å². The maximum absolute atomic E-state index is 12.0. The van der Waals surface area contributed by atoms with Crippen molar-refractivity contribution in [3.05, 3.63) is 23.8 Å². The van der Waals surface area contributed by atoms with Gasteiger partial charge in [0.25, 0.3) is 0 Å². The van der Waals surface area contributed by atoms with Crippen LogP contribution in [0.15, 0.2) is 18.2 Å². The number of phenols is 1. The summed E-state index contributed by atoms with van der Waals surface area (Å²) >= 11 is 0. The average Bonchev–Trinajstić information content (AvgIpc) is 2.48. The molecule has 0 radical (unpaired) electrons. The number of nitrogen functional groups attached to an aromatic ring is 1. The Morgan fingerprint density at radius 2 is 1.57 bits per heavy atom. The van der Waals surface area contributed by atoms with Crippen LogP contribution >= 0.6 is 0 Å². The predicted molar refractivity (Wildman–Crippen MR) is 88.7 cm³/mol. The van der Waals surface area contributed by atoms with Gasteiger partial charge in [0.2, 0.25) is 0 Å². The summed E-state index contributed by atoms with van der Waals surface area (Å²) in [7, 11) is 0. The van der Waals surface area contributed by atoms with Crippen molar-refractivity contribution in [2.24, 2.45) is 0 Å². The molecule has 0 aliphatic heterocycles. The molecule has 1 aromatic rings. The van der Waals surface area contributed by atoms with Crippen LogP contribution in [0.1, 0.15) is 81.5 Å². The third kappa shape index (κ3) is 6.65. The number of carbonyl (C=O) groups excluding carboxylic acids is 1. The van der Waals surface area contributed by atoms with E-state index in [-0.39, 0.29) is 17.2 Å². The van der Waals surface area contributed by atoms with Crippen LogP contribution in [-0.2, 0) is 0 Å². The Morgan fingerprint density at radius 1 is 1.00 bits per heavy atom. The third-order valence-corrected chi connectivity index (χ3v) is 3.89. The Kier molecular flexibility index (Phi) is 8.56. The van der Waals surface area contributed by atoms with Gasteiger partial charge in [0.1, 0.15) is 5.75 Å². The Balaban J connectivity index is 2.13. The zero-order valence-corrected chi connectivity index (χ0v) is 13.2. The first-order chi connectivity index (χ1) is 10.2. The molecule has 1 rings (SSSR count). The maximum atomic E-state index is 12.0.